The second-order valence-corrected chi connectivity index (χ2v) is 6.45. The number of hydrogen-bond donors (Lipinski definition) is 1. The third kappa shape index (κ3) is 2.96. The topological polar surface area (TPSA) is 15.3 Å². The van der Waals surface area contributed by atoms with E-state index in [1.165, 1.54) is 31.2 Å². The maximum absolute atomic E-state index is 6.86. The molecule has 19 heavy (non-hydrogen) atoms. The first-order valence-electron chi connectivity index (χ1n) is 7.52. The first kappa shape index (κ1) is 13.4. The molecule has 1 aromatic rings. The zero-order valence-electron chi connectivity index (χ0n) is 11.4. The third-order valence-electron chi connectivity index (χ3n) is 4.48. The van der Waals surface area contributed by atoms with Crippen molar-refractivity contribution in [1.29, 1.82) is 0 Å². The molecule has 0 aromatic heterocycles. The number of alkyl halides is 1. The fourth-order valence-corrected chi connectivity index (χ4v) is 3.96. The molecule has 0 aliphatic carbocycles. The van der Waals surface area contributed by atoms with Crippen molar-refractivity contribution < 1.29 is 0 Å². The van der Waals surface area contributed by atoms with Crippen LogP contribution in [0.15, 0.2) is 30.3 Å². The Bertz CT molecular complexity index is 408. The van der Waals surface area contributed by atoms with Crippen LogP contribution in [0.4, 0.5) is 0 Å². The average Bonchev–Trinajstić information content (AvgIpc) is 2.59. The molecule has 0 amide bonds. The number of halogens is 1. The Kier molecular flexibility index (Phi) is 4.11. The molecule has 0 radical (unpaired) electrons. The van der Waals surface area contributed by atoms with Gasteiger partial charge in [-0.1, -0.05) is 48.4 Å². The van der Waals surface area contributed by atoms with E-state index in [9.17, 15) is 0 Å². The van der Waals surface area contributed by atoms with Gasteiger partial charge >= 0.3 is 0 Å². The van der Waals surface area contributed by atoms with Gasteiger partial charge in [-0.25, -0.2) is 0 Å². The number of nitrogens with zero attached hydrogens (tertiary/aromatic N) is 1. The summed E-state index contributed by atoms with van der Waals surface area (Å²) >= 11 is 6.86. The summed E-state index contributed by atoms with van der Waals surface area (Å²) in [6, 6.07) is 11.4. The van der Waals surface area contributed by atoms with Crippen LogP contribution in [-0.4, -0.2) is 29.2 Å². The summed E-state index contributed by atoms with van der Waals surface area (Å²) < 4.78 is 0. The van der Waals surface area contributed by atoms with Gasteiger partial charge in [0.1, 0.15) is 5.12 Å². The fraction of sp³-hybridized carbons (Fsp3) is 0.625. The van der Waals surface area contributed by atoms with Gasteiger partial charge in [0.05, 0.1) is 0 Å². The summed E-state index contributed by atoms with van der Waals surface area (Å²) in [6.07, 6.45) is 7.20. The lowest BCUT2D eigenvalue weighted by Crippen LogP contribution is -2.62. The number of rotatable bonds is 2. The lowest BCUT2D eigenvalue weighted by Gasteiger charge is -2.46. The van der Waals surface area contributed by atoms with E-state index in [-0.39, 0.29) is 5.12 Å². The SMILES string of the molecule is ClC12CCCCC(Cc3ccccc3)N1CCCN2. The molecule has 2 atom stereocenters. The van der Waals surface area contributed by atoms with Gasteiger partial charge in [-0.2, -0.15) is 0 Å². The van der Waals surface area contributed by atoms with Crippen LogP contribution < -0.4 is 5.32 Å². The monoisotopic (exact) mass is 278 g/mol. The van der Waals surface area contributed by atoms with Crippen LogP contribution in [0.2, 0.25) is 0 Å². The predicted molar refractivity (Wildman–Crippen MR) is 80.3 cm³/mol. The van der Waals surface area contributed by atoms with Crippen LogP contribution in [0.3, 0.4) is 0 Å². The van der Waals surface area contributed by atoms with Crippen LogP contribution in [0.1, 0.15) is 37.7 Å². The number of hydrogen-bond acceptors (Lipinski definition) is 2. The molecule has 2 aliphatic rings. The fourth-order valence-electron chi connectivity index (χ4n) is 3.51. The highest BCUT2D eigenvalue weighted by atomic mass is 35.5. The van der Waals surface area contributed by atoms with Crippen molar-refractivity contribution in [1.82, 2.24) is 10.2 Å². The van der Waals surface area contributed by atoms with Crippen LogP contribution in [0, 0.1) is 0 Å². The number of benzene rings is 1. The average molecular weight is 279 g/mol. The van der Waals surface area contributed by atoms with Crippen molar-refractivity contribution in [3.63, 3.8) is 0 Å². The zero-order chi connectivity index (χ0) is 13.1. The van der Waals surface area contributed by atoms with E-state index in [0.717, 1.165) is 25.9 Å². The quantitative estimate of drug-likeness (QED) is 0.659. The zero-order valence-corrected chi connectivity index (χ0v) is 12.2. The molecule has 2 aliphatic heterocycles. The van der Waals surface area contributed by atoms with E-state index in [0.29, 0.717) is 6.04 Å². The van der Waals surface area contributed by atoms with Gasteiger partial charge in [0, 0.05) is 12.6 Å². The van der Waals surface area contributed by atoms with Crippen molar-refractivity contribution in [2.45, 2.75) is 49.7 Å². The highest BCUT2D eigenvalue weighted by Crippen LogP contribution is 2.35. The van der Waals surface area contributed by atoms with Gasteiger partial charge in [0.25, 0.3) is 0 Å². The van der Waals surface area contributed by atoms with Crippen molar-refractivity contribution in [3.05, 3.63) is 35.9 Å². The van der Waals surface area contributed by atoms with E-state index in [2.05, 4.69) is 40.5 Å². The van der Waals surface area contributed by atoms with Gasteiger partial charge in [-0.05, 0) is 44.2 Å². The third-order valence-corrected chi connectivity index (χ3v) is 5.02. The Labute approximate surface area is 121 Å². The summed E-state index contributed by atoms with van der Waals surface area (Å²) in [6.45, 7) is 2.19. The van der Waals surface area contributed by atoms with E-state index >= 15 is 0 Å². The lowest BCUT2D eigenvalue weighted by atomic mass is 10.00. The summed E-state index contributed by atoms with van der Waals surface area (Å²) in [5.74, 6) is 0. The van der Waals surface area contributed by atoms with Crippen molar-refractivity contribution in [2.75, 3.05) is 13.1 Å². The molecule has 0 spiro atoms. The van der Waals surface area contributed by atoms with Crippen LogP contribution in [0.5, 0.6) is 0 Å². The van der Waals surface area contributed by atoms with E-state index in [1.54, 1.807) is 0 Å². The molecule has 2 saturated heterocycles. The molecule has 1 N–H and O–H groups in total. The Morgan fingerprint density at radius 3 is 2.89 bits per heavy atom. The van der Waals surface area contributed by atoms with E-state index in [4.69, 9.17) is 11.6 Å². The van der Waals surface area contributed by atoms with E-state index < -0.39 is 0 Å². The van der Waals surface area contributed by atoms with Crippen LogP contribution >= 0.6 is 11.6 Å². The van der Waals surface area contributed by atoms with Crippen molar-refractivity contribution in [2.24, 2.45) is 0 Å². The highest BCUT2D eigenvalue weighted by Gasteiger charge is 2.41. The lowest BCUT2D eigenvalue weighted by molar-refractivity contribution is 0.0525. The summed E-state index contributed by atoms with van der Waals surface area (Å²) in [5, 5.41) is 3.26. The summed E-state index contributed by atoms with van der Waals surface area (Å²) in [5.41, 5.74) is 1.43. The maximum Gasteiger partial charge on any atom is 0.149 e. The molecule has 2 unspecified atom stereocenters. The second kappa shape index (κ2) is 5.82. The van der Waals surface area contributed by atoms with Crippen LogP contribution in [-0.2, 0) is 6.42 Å². The van der Waals surface area contributed by atoms with E-state index in [1.807, 2.05) is 0 Å². The molecule has 2 heterocycles. The van der Waals surface area contributed by atoms with Crippen LogP contribution in [0.25, 0.3) is 0 Å². The molecular weight excluding hydrogens is 256 g/mol. The van der Waals surface area contributed by atoms with Crippen molar-refractivity contribution >= 4 is 11.6 Å². The van der Waals surface area contributed by atoms with Gasteiger partial charge in [-0.15, -0.1) is 0 Å². The first-order chi connectivity index (χ1) is 9.28. The molecule has 2 nitrogen and oxygen atoms in total. The maximum atomic E-state index is 6.86. The van der Waals surface area contributed by atoms with Crippen molar-refractivity contribution in [3.8, 4) is 0 Å². The Morgan fingerprint density at radius 1 is 1.21 bits per heavy atom. The highest BCUT2D eigenvalue weighted by molar-refractivity contribution is 6.23. The molecular formula is C16H23ClN2. The van der Waals surface area contributed by atoms with Gasteiger partial charge in [0.2, 0.25) is 0 Å². The predicted octanol–water partition coefficient (Wildman–Crippen LogP) is 3.36. The molecule has 0 saturated carbocycles. The normalized spacial score (nSPS) is 32.6. The molecule has 1 aromatic carbocycles. The molecule has 3 heteroatoms. The minimum absolute atomic E-state index is 0.284. The Morgan fingerprint density at radius 2 is 2.05 bits per heavy atom. The Balaban J connectivity index is 1.78. The minimum atomic E-state index is -0.284. The second-order valence-electron chi connectivity index (χ2n) is 5.82. The molecule has 0 bridgehead atoms. The summed E-state index contributed by atoms with van der Waals surface area (Å²) in [4.78, 5) is 2.53. The molecule has 104 valence electrons. The van der Waals surface area contributed by atoms with Gasteiger partial charge < -0.3 is 0 Å². The van der Waals surface area contributed by atoms with Gasteiger partial charge in [0.15, 0.2) is 0 Å². The Hall–Kier alpha value is -0.570. The number of fused-ring (bicyclic) bond motifs is 1. The molecule has 3 rings (SSSR count). The first-order valence-corrected chi connectivity index (χ1v) is 7.90. The standard InChI is InChI=1S/C16H23ClN2/c17-16-10-5-4-9-15(19(16)12-6-11-18-16)13-14-7-2-1-3-8-14/h1-3,7-8,15,18H,4-6,9-13H2. The smallest absolute Gasteiger partial charge is 0.149 e. The minimum Gasteiger partial charge on any atom is -0.286 e. The summed E-state index contributed by atoms with van der Waals surface area (Å²) in [7, 11) is 0. The number of nitrogens with one attached hydrogen (secondary N) is 1. The molecule has 2 fully saturated rings. The van der Waals surface area contributed by atoms with Gasteiger partial charge in [-0.3, -0.25) is 10.2 Å². The largest absolute Gasteiger partial charge is 0.286 e.